The lowest BCUT2D eigenvalue weighted by Gasteiger charge is -2.44. The number of nitrogens with one attached hydrogen (secondary N) is 2. The molecule has 0 spiro atoms. The highest BCUT2D eigenvalue weighted by molar-refractivity contribution is 6.05. The molecule has 1 atom stereocenters. The Balaban J connectivity index is 0.667. The first-order chi connectivity index (χ1) is 28.5. The van der Waals surface area contributed by atoms with Crippen LogP contribution in [0.1, 0.15) is 81.1 Å². The predicted molar refractivity (Wildman–Crippen MR) is 219 cm³/mol. The zero-order chi connectivity index (χ0) is 40.5. The number of nitrogens with zero attached hydrogens (tertiary/aromatic N) is 7. The molecule has 3 amide bonds. The van der Waals surface area contributed by atoms with Crippen LogP contribution in [0.5, 0.6) is 5.75 Å². The van der Waals surface area contributed by atoms with Gasteiger partial charge in [0, 0.05) is 61.7 Å². The van der Waals surface area contributed by atoms with Gasteiger partial charge in [0.25, 0.3) is 5.91 Å². The van der Waals surface area contributed by atoms with Crippen molar-refractivity contribution in [1.29, 1.82) is 0 Å². The number of aromatic amines is 1. The van der Waals surface area contributed by atoms with Gasteiger partial charge in [-0.3, -0.25) is 24.8 Å². The average molecular weight is 806 g/mol. The fourth-order valence-electron chi connectivity index (χ4n) is 9.49. The van der Waals surface area contributed by atoms with E-state index in [1.165, 1.54) is 4.90 Å². The Bertz CT molecular complexity index is 2290. The Morgan fingerprint density at radius 1 is 0.915 bits per heavy atom. The minimum atomic E-state index is -0.757. The monoisotopic (exact) mass is 805 g/mol. The maximum atomic E-state index is 16.0. The largest absolute Gasteiger partial charge is 0.488 e. The van der Waals surface area contributed by atoms with Gasteiger partial charge in [-0.2, -0.15) is 5.10 Å². The average Bonchev–Trinajstić information content (AvgIpc) is 3.63. The summed E-state index contributed by atoms with van der Waals surface area (Å²) in [5.41, 5.74) is 3.80. The number of benzene rings is 2. The number of hydrogen-bond donors (Lipinski definition) is 2. The topological polar surface area (TPSA) is 149 Å². The minimum Gasteiger partial charge on any atom is -0.488 e. The fraction of sp³-hybridized carbons (Fsp3) is 0.545. The summed E-state index contributed by atoms with van der Waals surface area (Å²) < 4.78 is 28.7. The van der Waals surface area contributed by atoms with Gasteiger partial charge >= 0.3 is 0 Å². The zero-order valence-electron chi connectivity index (χ0n) is 33.8. The van der Waals surface area contributed by atoms with E-state index < -0.39 is 11.9 Å². The lowest BCUT2D eigenvalue weighted by molar-refractivity contribution is -0.136. The Labute approximate surface area is 342 Å². The highest BCUT2D eigenvalue weighted by Crippen LogP contribution is 2.41. The normalized spacial score (nSPS) is 23.4. The van der Waals surface area contributed by atoms with Crippen LogP contribution in [0.4, 0.5) is 15.9 Å². The van der Waals surface area contributed by atoms with Gasteiger partial charge in [-0.05, 0) is 107 Å². The van der Waals surface area contributed by atoms with E-state index in [2.05, 4.69) is 60.1 Å². The molecule has 15 heteroatoms. The van der Waals surface area contributed by atoms with E-state index in [-0.39, 0.29) is 54.1 Å². The van der Waals surface area contributed by atoms with Crippen molar-refractivity contribution in [2.75, 3.05) is 62.2 Å². The maximum absolute atomic E-state index is 16.0. The minimum absolute atomic E-state index is 0.0426. The van der Waals surface area contributed by atoms with Crippen LogP contribution < -0.4 is 19.9 Å². The van der Waals surface area contributed by atoms with Gasteiger partial charge in [0.1, 0.15) is 29.5 Å². The van der Waals surface area contributed by atoms with Crippen molar-refractivity contribution >= 4 is 40.1 Å². The molecule has 2 aromatic carbocycles. The summed E-state index contributed by atoms with van der Waals surface area (Å²) in [5, 5.41) is 11.0. The quantitative estimate of drug-likeness (QED) is 0.196. The number of amides is 3. The highest BCUT2D eigenvalue weighted by atomic mass is 19.1. The lowest BCUT2D eigenvalue weighted by Crippen LogP contribution is -2.54. The molecule has 2 aromatic heterocycles. The van der Waals surface area contributed by atoms with Gasteiger partial charge in [0.15, 0.2) is 5.82 Å². The molecule has 6 aliphatic rings. The van der Waals surface area contributed by atoms with Gasteiger partial charge in [-0.1, -0.05) is 6.92 Å². The maximum Gasteiger partial charge on any atom is 0.255 e. The SMILES string of the molecule is CC1(COC2CN(c3cc(-c4[nH]nc5ccc(OC6(C)CC6)cc45)ncn3)C2)CCN(CC2CCN(c3ccc4c(c3F)CN(C3CCC(=O)NC3=O)C4=O)CC2)CC1. The Morgan fingerprint density at radius 2 is 1.71 bits per heavy atom. The number of likely N-dealkylation sites (tertiary alicyclic amines) is 1. The Kier molecular flexibility index (Phi) is 9.58. The highest BCUT2D eigenvalue weighted by Gasteiger charge is 2.42. The number of piperidine rings is 3. The molecule has 2 N–H and O–H groups in total. The van der Waals surface area contributed by atoms with E-state index >= 15 is 4.39 Å². The van der Waals surface area contributed by atoms with Crippen molar-refractivity contribution in [3.63, 3.8) is 0 Å². The van der Waals surface area contributed by atoms with E-state index in [0.29, 0.717) is 22.7 Å². The van der Waals surface area contributed by atoms with Crippen LogP contribution >= 0.6 is 0 Å². The van der Waals surface area contributed by atoms with Crippen molar-refractivity contribution in [2.24, 2.45) is 11.3 Å². The molecule has 310 valence electrons. The third-order valence-corrected chi connectivity index (χ3v) is 13.8. The lowest BCUT2D eigenvalue weighted by atomic mass is 9.80. The first kappa shape index (κ1) is 38.1. The van der Waals surface area contributed by atoms with Crippen LogP contribution in [-0.4, -0.2) is 118 Å². The summed E-state index contributed by atoms with van der Waals surface area (Å²) in [7, 11) is 0. The third-order valence-electron chi connectivity index (χ3n) is 13.8. The number of H-pyrrole nitrogens is 1. The number of aromatic nitrogens is 4. The second kappa shape index (κ2) is 14.8. The van der Waals surface area contributed by atoms with Crippen molar-refractivity contribution in [2.45, 2.75) is 89.5 Å². The number of rotatable bonds is 11. The second-order valence-corrected chi connectivity index (χ2v) is 18.3. The van der Waals surface area contributed by atoms with Gasteiger partial charge in [0.2, 0.25) is 11.8 Å². The van der Waals surface area contributed by atoms with Crippen molar-refractivity contribution < 1.29 is 28.2 Å². The van der Waals surface area contributed by atoms with Crippen LogP contribution in [0.2, 0.25) is 0 Å². The molecule has 1 unspecified atom stereocenters. The second-order valence-electron chi connectivity index (χ2n) is 18.3. The molecule has 5 fully saturated rings. The van der Waals surface area contributed by atoms with Gasteiger partial charge in [-0.15, -0.1) is 0 Å². The molecule has 1 saturated carbocycles. The summed E-state index contributed by atoms with van der Waals surface area (Å²) >= 11 is 0. The van der Waals surface area contributed by atoms with Gasteiger partial charge in [-0.25, -0.2) is 14.4 Å². The standard InChI is InChI=1S/C44H52FN9O5/c1-43(25-58-29-22-53(23-29)37-20-34(46-26-47-37)40-31-19-28(59-44(2)11-12-44)3-5-33(31)49-50-40)13-17-51(18-14-43)21-27-9-15-52(16-10-27)35-6-4-30-32(39(35)45)24-54(42(30)57)36-7-8-38(55)48-41(36)56/h3-6,19-20,26-27,29,36H,7-18,21-25H2,1-2H3,(H,49,50)(H,48,55,56). The third kappa shape index (κ3) is 7.51. The molecule has 4 saturated heterocycles. The van der Waals surface area contributed by atoms with E-state index in [1.54, 1.807) is 18.5 Å². The molecule has 14 nitrogen and oxygen atoms in total. The molecule has 10 rings (SSSR count). The number of fused-ring (bicyclic) bond motifs is 2. The van der Waals surface area contributed by atoms with Crippen LogP contribution in [0.15, 0.2) is 42.7 Å². The van der Waals surface area contributed by atoms with E-state index in [1.807, 2.05) is 18.2 Å². The van der Waals surface area contributed by atoms with E-state index in [9.17, 15) is 14.4 Å². The molecule has 1 aliphatic carbocycles. The number of halogens is 1. The van der Waals surface area contributed by atoms with Crippen molar-refractivity contribution in [1.82, 2.24) is 35.3 Å². The number of anilines is 2. The molecule has 59 heavy (non-hydrogen) atoms. The Hall–Kier alpha value is -5.15. The van der Waals surface area contributed by atoms with E-state index in [4.69, 9.17) is 9.47 Å². The summed E-state index contributed by atoms with van der Waals surface area (Å²) in [6.07, 6.45) is 8.52. The molecular formula is C44H52FN9O5. The Morgan fingerprint density at radius 3 is 2.47 bits per heavy atom. The molecule has 5 aliphatic heterocycles. The summed E-state index contributed by atoms with van der Waals surface area (Å²) in [6, 6.07) is 10.7. The zero-order valence-corrected chi connectivity index (χ0v) is 33.8. The molecular weight excluding hydrogens is 754 g/mol. The smallest absolute Gasteiger partial charge is 0.255 e. The molecule has 0 bridgehead atoms. The van der Waals surface area contributed by atoms with Crippen molar-refractivity contribution in [3.05, 3.63) is 59.7 Å². The van der Waals surface area contributed by atoms with Crippen molar-refractivity contribution in [3.8, 4) is 17.1 Å². The number of ether oxygens (including phenoxy) is 2. The molecule has 0 radical (unpaired) electrons. The first-order valence-electron chi connectivity index (χ1n) is 21.3. The number of imide groups is 1. The summed E-state index contributed by atoms with van der Waals surface area (Å²) in [6.45, 7) is 11.6. The molecule has 7 heterocycles. The summed E-state index contributed by atoms with van der Waals surface area (Å²) in [5.74, 6) is 0.727. The predicted octanol–water partition coefficient (Wildman–Crippen LogP) is 5.08. The van der Waals surface area contributed by atoms with E-state index in [0.717, 1.165) is 125 Å². The van der Waals surface area contributed by atoms with Crippen LogP contribution in [0.25, 0.3) is 22.3 Å². The first-order valence-corrected chi connectivity index (χ1v) is 21.3. The van der Waals surface area contributed by atoms with Crippen LogP contribution in [0, 0.1) is 17.2 Å². The summed E-state index contributed by atoms with van der Waals surface area (Å²) in [4.78, 5) is 54.7. The fourth-order valence-corrected chi connectivity index (χ4v) is 9.49. The number of carbonyl (C=O) groups is 3. The van der Waals surface area contributed by atoms with Crippen LogP contribution in [0.3, 0.4) is 0 Å². The molecule has 4 aromatic rings. The van der Waals surface area contributed by atoms with Gasteiger partial charge in [0.05, 0.1) is 41.8 Å². The van der Waals surface area contributed by atoms with Gasteiger partial charge < -0.3 is 29.1 Å². The number of hydrogen-bond acceptors (Lipinski definition) is 11. The number of carbonyl (C=O) groups excluding carboxylic acids is 3. The van der Waals surface area contributed by atoms with Crippen LogP contribution in [-0.2, 0) is 20.9 Å².